The molecule has 1 spiro atoms. The Labute approximate surface area is 216 Å². The van der Waals surface area contributed by atoms with Crippen molar-refractivity contribution in [1.29, 1.82) is 0 Å². The first-order chi connectivity index (χ1) is 16.8. The largest absolute Gasteiger partial charge is 0.381 e. The van der Waals surface area contributed by atoms with Crippen LogP contribution in [0, 0.1) is 5.41 Å². The van der Waals surface area contributed by atoms with E-state index < -0.39 is 7.14 Å². The first-order valence-corrected chi connectivity index (χ1v) is 15.7. The first kappa shape index (κ1) is 24.1. The van der Waals surface area contributed by atoms with Crippen molar-refractivity contribution in [2.24, 2.45) is 11.1 Å². The fraction of sp³-hybridized carbons (Fsp3) is 0.600. The van der Waals surface area contributed by atoms with Crippen molar-refractivity contribution in [1.82, 2.24) is 9.97 Å². The molecule has 6 rings (SSSR count). The van der Waals surface area contributed by atoms with Crippen LogP contribution in [0.3, 0.4) is 0 Å². The fourth-order valence-corrected chi connectivity index (χ4v) is 11.3. The van der Waals surface area contributed by atoms with Crippen molar-refractivity contribution in [3.63, 3.8) is 0 Å². The summed E-state index contributed by atoms with van der Waals surface area (Å²) in [6.45, 7) is 4.51. The summed E-state index contributed by atoms with van der Waals surface area (Å²) in [7, 11) is -2.46. The van der Waals surface area contributed by atoms with E-state index in [-0.39, 0.29) is 17.6 Å². The molecule has 0 amide bonds. The molecule has 4 fully saturated rings. The number of nitrogens with zero attached hydrogens (tertiary/aromatic N) is 3. The van der Waals surface area contributed by atoms with Crippen LogP contribution < -0.4 is 21.7 Å². The fourth-order valence-electron chi connectivity index (χ4n) is 5.83. The maximum Gasteiger partial charge on any atom is 0.158 e. The Morgan fingerprint density at radius 3 is 2.46 bits per heavy atom. The summed E-state index contributed by atoms with van der Waals surface area (Å²) in [5, 5.41) is 2.06. The van der Waals surface area contributed by atoms with Crippen molar-refractivity contribution in [2.75, 3.05) is 30.3 Å². The van der Waals surface area contributed by atoms with Crippen LogP contribution in [0.2, 0.25) is 5.02 Å². The topological polar surface area (TPSA) is 107 Å². The number of anilines is 2. The van der Waals surface area contributed by atoms with E-state index in [4.69, 9.17) is 27.8 Å². The van der Waals surface area contributed by atoms with E-state index in [1.54, 1.807) is 6.20 Å². The first-order valence-electron chi connectivity index (χ1n) is 12.6. The van der Waals surface area contributed by atoms with Crippen LogP contribution in [0.5, 0.6) is 0 Å². The molecule has 10 heteroatoms. The van der Waals surface area contributed by atoms with Gasteiger partial charge in [0, 0.05) is 46.1 Å². The van der Waals surface area contributed by atoms with Crippen molar-refractivity contribution >= 4 is 47.4 Å². The Morgan fingerprint density at radius 2 is 1.89 bits per heavy atom. The lowest BCUT2D eigenvalue weighted by Crippen LogP contribution is -2.50. The monoisotopic (exact) mass is 533 g/mol. The van der Waals surface area contributed by atoms with Crippen LogP contribution in [0.1, 0.15) is 45.4 Å². The minimum Gasteiger partial charge on any atom is -0.381 e. The highest BCUT2D eigenvalue weighted by atomic mass is 35.5. The lowest BCUT2D eigenvalue weighted by atomic mass is 9.73. The van der Waals surface area contributed by atoms with Crippen LogP contribution in [-0.2, 0) is 9.30 Å². The zero-order chi connectivity index (χ0) is 24.4. The van der Waals surface area contributed by atoms with Gasteiger partial charge in [-0.3, -0.25) is 0 Å². The lowest BCUT2D eigenvalue weighted by Gasteiger charge is -2.41. The van der Waals surface area contributed by atoms with E-state index in [0.29, 0.717) is 27.2 Å². The lowest BCUT2D eigenvalue weighted by molar-refractivity contribution is 0.0974. The second-order valence-electron chi connectivity index (χ2n) is 10.7. The number of rotatable bonds is 6. The molecule has 1 aromatic heterocycles. The van der Waals surface area contributed by atoms with Gasteiger partial charge in [0.1, 0.15) is 18.0 Å². The van der Waals surface area contributed by atoms with E-state index in [1.165, 1.54) is 11.8 Å². The van der Waals surface area contributed by atoms with Gasteiger partial charge in [0.2, 0.25) is 0 Å². The molecule has 0 unspecified atom stereocenters. The Kier molecular flexibility index (Phi) is 6.12. The number of nitrogens with two attached hydrogens (primary N) is 2. The number of piperidine rings is 1. The number of benzene rings is 1. The molecule has 188 valence electrons. The quantitative estimate of drug-likeness (QED) is 0.522. The summed E-state index contributed by atoms with van der Waals surface area (Å²) in [6.07, 6.45) is 8.06. The molecule has 4 N–H and O–H groups in total. The van der Waals surface area contributed by atoms with E-state index in [1.807, 2.05) is 18.2 Å². The normalized spacial score (nSPS) is 26.4. The molecule has 35 heavy (non-hydrogen) atoms. The zero-order valence-electron chi connectivity index (χ0n) is 20.0. The van der Waals surface area contributed by atoms with Gasteiger partial charge in [-0.2, -0.15) is 0 Å². The SMILES string of the molecule is C[C@@H]1OCC2(CCN(c3cnc(Sc4cccc(P(=O)(C5CC5)C5CC5)c4Cl)c(N)n3)CC2)[C@@H]1N. The van der Waals surface area contributed by atoms with E-state index in [0.717, 1.165) is 74.2 Å². The molecule has 2 saturated heterocycles. The highest BCUT2D eigenvalue weighted by molar-refractivity contribution is 7.99. The van der Waals surface area contributed by atoms with Crippen molar-refractivity contribution < 1.29 is 9.30 Å². The van der Waals surface area contributed by atoms with Gasteiger partial charge in [0.25, 0.3) is 0 Å². The third-order valence-electron chi connectivity index (χ3n) is 8.39. The zero-order valence-corrected chi connectivity index (χ0v) is 22.5. The van der Waals surface area contributed by atoms with Gasteiger partial charge in [0.05, 0.1) is 23.9 Å². The predicted octanol–water partition coefficient (Wildman–Crippen LogP) is 4.51. The van der Waals surface area contributed by atoms with Crippen molar-refractivity contribution in [3.8, 4) is 0 Å². The third kappa shape index (κ3) is 4.19. The molecule has 2 atom stereocenters. The minimum atomic E-state index is -2.46. The van der Waals surface area contributed by atoms with Gasteiger partial charge in [-0.15, -0.1) is 0 Å². The summed E-state index contributed by atoms with van der Waals surface area (Å²) in [6, 6.07) is 5.96. The second kappa shape index (κ2) is 8.91. The standard InChI is InChI=1S/C25H33ClN5O2PS/c1-15-22(27)25(14-33-15)9-11-31(12-10-25)20-13-29-24(23(28)30-20)35-19-4-2-3-18(21(19)26)34(32,16-5-6-16)17-7-8-17/h2-4,13,15-17,22H,5-12,14,27H2,1H3,(H2,28,30)/t15-,22+/m0/s1. The number of hydrogen-bond acceptors (Lipinski definition) is 8. The maximum absolute atomic E-state index is 14.0. The maximum atomic E-state index is 14.0. The Hall–Kier alpha value is -1.31. The summed E-state index contributed by atoms with van der Waals surface area (Å²) >= 11 is 8.27. The van der Waals surface area contributed by atoms with E-state index >= 15 is 0 Å². The van der Waals surface area contributed by atoms with E-state index in [9.17, 15) is 4.57 Å². The average Bonchev–Trinajstić information content (AvgIpc) is 3.77. The highest BCUT2D eigenvalue weighted by Crippen LogP contribution is 2.70. The molecular formula is C25H33ClN5O2PS. The predicted molar refractivity (Wildman–Crippen MR) is 143 cm³/mol. The molecule has 2 saturated carbocycles. The van der Waals surface area contributed by atoms with Gasteiger partial charge in [-0.05, 0) is 57.6 Å². The van der Waals surface area contributed by atoms with Crippen LogP contribution in [0.25, 0.3) is 0 Å². The molecule has 0 radical (unpaired) electrons. The summed E-state index contributed by atoms with van der Waals surface area (Å²) in [5.74, 6) is 1.17. The summed E-state index contributed by atoms with van der Waals surface area (Å²) in [4.78, 5) is 12.4. The van der Waals surface area contributed by atoms with Crippen LogP contribution in [-0.4, -0.2) is 53.1 Å². The Balaban J connectivity index is 1.18. The van der Waals surface area contributed by atoms with Crippen molar-refractivity contribution in [3.05, 3.63) is 29.4 Å². The van der Waals surface area contributed by atoms with Crippen LogP contribution in [0.4, 0.5) is 11.6 Å². The molecule has 7 nitrogen and oxygen atoms in total. The van der Waals surface area contributed by atoms with Gasteiger partial charge in [0.15, 0.2) is 5.82 Å². The van der Waals surface area contributed by atoms with Crippen LogP contribution in [0.15, 0.2) is 34.3 Å². The smallest absolute Gasteiger partial charge is 0.158 e. The molecule has 3 heterocycles. The number of halogens is 1. The third-order valence-corrected chi connectivity index (χ3v) is 14.4. The molecule has 2 aliphatic heterocycles. The molecule has 4 aliphatic rings. The molecule has 2 aliphatic carbocycles. The number of hydrogen-bond donors (Lipinski definition) is 2. The number of aromatic nitrogens is 2. The number of nitrogen functional groups attached to an aromatic ring is 1. The second-order valence-corrected chi connectivity index (χ2v) is 15.4. The van der Waals surface area contributed by atoms with E-state index in [2.05, 4.69) is 21.8 Å². The van der Waals surface area contributed by atoms with Crippen molar-refractivity contribution in [2.45, 2.75) is 78.8 Å². The Morgan fingerprint density at radius 1 is 1.20 bits per heavy atom. The van der Waals surface area contributed by atoms with Gasteiger partial charge in [-0.25, -0.2) is 9.97 Å². The van der Waals surface area contributed by atoms with Gasteiger partial charge >= 0.3 is 0 Å². The minimum absolute atomic E-state index is 0.0623. The van der Waals surface area contributed by atoms with Gasteiger partial charge < -0.3 is 25.7 Å². The molecule has 1 aromatic carbocycles. The molecule has 2 aromatic rings. The highest BCUT2D eigenvalue weighted by Gasteiger charge is 2.52. The average molecular weight is 534 g/mol. The number of ether oxygens (including phenoxy) is 1. The van der Waals surface area contributed by atoms with Gasteiger partial charge in [-0.1, -0.05) is 29.4 Å². The Bertz CT molecular complexity index is 1170. The molecule has 0 bridgehead atoms. The molecular weight excluding hydrogens is 501 g/mol. The summed E-state index contributed by atoms with van der Waals surface area (Å²) < 4.78 is 19.9. The summed E-state index contributed by atoms with van der Waals surface area (Å²) in [5.41, 5.74) is 13.5. The van der Waals surface area contributed by atoms with Crippen LogP contribution >= 0.6 is 30.5 Å².